The third-order valence-corrected chi connectivity index (χ3v) is 2.39. The summed E-state index contributed by atoms with van der Waals surface area (Å²) in [6, 6.07) is 4.28. The first kappa shape index (κ1) is 13.4. The predicted octanol–water partition coefficient (Wildman–Crippen LogP) is -0.0248. The van der Waals surface area contributed by atoms with Crippen LogP contribution >= 0.6 is 0 Å². The normalized spacial score (nSPS) is 10.0. The van der Waals surface area contributed by atoms with Gasteiger partial charge in [-0.25, -0.2) is 19.6 Å². The maximum atomic E-state index is 11.8. The van der Waals surface area contributed by atoms with E-state index in [0.717, 1.165) is 4.57 Å². The molecule has 2 aromatic heterocycles. The number of pyridine rings is 1. The number of nitrogens with one attached hydrogen (secondary N) is 1. The molecule has 2 aromatic rings. The second-order valence-corrected chi connectivity index (χ2v) is 3.78. The Morgan fingerprint density at radius 2 is 2.00 bits per heavy atom. The van der Waals surface area contributed by atoms with Gasteiger partial charge in [0.25, 0.3) is 0 Å². The van der Waals surface area contributed by atoms with Crippen molar-refractivity contribution in [1.29, 1.82) is 0 Å². The van der Waals surface area contributed by atoms with E-state index in [1.807, 2.05) is 0 Å². The minimum Gasteiger partial charge on any atom is -0.478 e. The Morgan fingerprint density at radius 1 is 1.25 bits per heavy atom. The largest absolute Gasteiger partial charge is 0.478 e. The lowest BCUT2D eigenvalue weighted by Crippen LogP contribution is -2.29. The van der Waals surface area contributed by atoms with E-state index in [-0.39, 0.29) is 17.9 Å². The number of aromatic carboxylic acids is 1. The molecule has 0 saturated carbocycles. The molecule has 0 atom stereocenters. The van der Waals surface area contributed by atoms with Crippen LogP contribution in [0.5, 0.6) is 0 Å². The van der Waals surface area contributed by atoms with Crippen LogP contribution in [-0.2, 0) is 11.3 Å². The molecule has 0 radical (unpaired) electrons. The topological polar surface area (TPSA) is 114 Å². The first-order valence-corrected chi connectivity index (χ1v) is 5.57. The molecule has 0 bridgehead atoms. The van der Waals surface area contributed by atoms with Gasteiger partial charge in [0.1, 0.15) is 17.9 Å². The van der Waals surface area contributed by atoms with Crippen molar-refractivity contribution >= 4 is 17.7 Å². The third-order valence-electron chi connectivity index (χ3n) is 2.39. The second kappa shape index (κ2) is 5.74. The van der Waals surface area contributed by atoms with Crippen LogP contribution in [0.2, 0.25) is 0 Å². The fraction of sp³-hybridized carbons (Fsp3) is 0.0833. The highest BCUT2D eigenvalue weighted by atomic mass is 16.4. The van der Waals surface area contributed by atoms with E-state index in [1.165, 1.54) is 36.8 Å². The van der Waals surface area contributed by atoms with Crippen molar-refractivity contribution in [3.05, 3.63) is 52.8 Å². The summed E-state index contributed by atoms with van der Waals surface area (Å²) in [6.45, 7) is -0.275. The number of carbonyl (C=O) groups is 2. The fourth-order valence-corrected chi connectivity index (χ4v) is 1.51. The lowest BCUT2D eigenvalue weighted by Gasteiger charge is -2.07. The molecule has 0 aliphatic heterocycles. The molecule has 2 rings (SSSR count). The number of hydrogen-bond acceptors (Lipinski definition) is 5. The van der Waals surface area contributed by atoms with E-state index in [0.29, 0.717) is 0 Å². The predicted molar refractivity (Wildman–Crippen MR) is 68.3 cm³/mol. The first-order chi connectivity index (χ1) is 9.58. The standard InChI is InChI=1S/C12H10N4O4/c17-9(7-16-6-2-5-14-12(16)20)15-10-8(11(18)19)3-1-4-13-10/h1-6H,7H2,(H,18,19)(H,13,15,17). The van der Waals surface area contributed by atoms with Crippen molar-refractivity contribution in [2.75, 3.05) is 5.32 Å². The SMILES string of the molecule is O=C(Cn1cccnc1=O)Nc1ncccc1C(=O)O. The van der Waals surface area contributed by atoms with Gasteiger partial charge in [0.05, 0.1) is 0 Å². The van der Waals surface area contributed by atoms with Gasteiger partial charge < -0.3 is 10.4 Å². The van der Waals surface area contributed by atoms with E-state index in [1.54, 1.807) is 0 Å². The summed E-state index contributed by atoms with van der Waals surface area (Å²) < 4.78 is 1.10. The van der Waals surface area contributed by atoms with Crippen molar-refractivity contribution in [1.82, 2.24) is 14.5 Å². The Morgan fingerprint density at radius 3 is 2.70 bits per heavy atom. The van der Waals surface area contributed by atoms with Gasteiger partial charge in [-0.2, -0.15) is 0 Å². The summed E-state index contributed by atoms with van der Waals surface area (Å²) in [4.78, 5) is 41.4. The number of carboxylic acids is 1. The van der Waals surface area contributed by atoms with Gasteiger partial charge in [0.15, 0.2) is 0 Å². The molecule has 2 N–H and O–H groups in total. The number of nitrogens with zero attached hydrogens (tertiary/aromatic N) is 3. The van der Waals surface area contributed by atoms with Crippen LogP contribution in [-0.4, -0.2) is 31.5 Å². The third kappa shape index (κ3) is 3.05. The number of amides is 1. The van der Waals surface area contributed by atoms with E-state index < -0.39 is 17.6 Å². The Labute approximate surface area is 112 Å². The first-order valence-electron chi connectivity index (χ1n) is 5.57. The highest BCUT2D eigenvalue weighted by Crippen LogP contribution is 2.10. The van der Waals surface area contributed by atoms with Gasteiger partial charge in [0, 0.05) is 18.6 Å². The van der Waals surface area contributed by atoms with Crippen LogP contribution in [0.25, 0.3) is 0 Å². The zero-order chi connectivity index (χ0) is 14.5. The van der Waals surface area contributed by atoms with Crippen molar-refractivity contribution in [3.8, 4) is 0 Å². The minimum atomic E-state index is -1.20. The smallest absolute Gasteiger partial charge is 0.347 e. The number of carbonyl (C=O) groups excluding carboxylic acids is 1. The quantitative estimate of drug-likeness (QED) is 0.809. The van der Waals surface area contributed by atoms with Crippen LogP contribution in [0, 0.1) is 0 Å². The van der Waals surface area contributed by atoms with Crippen LogP contribution in [0.15, 0.2) is 41.6 Å². The number of hydrogen-bond donors (Lipinski definition) is 2. The zero-order valence-corrected chi connectivity index (χ0v) is 10.2. The van der Waals surface area contributed by atoms with Gasteiger partial charge in [-0.05, 0) is 18.2 Å². The minimum absolute atomic E-state index is 0.0676. The molecule has 1 amide bonds. The van der Waals surface area contributed by atoms with Gasteiger partial charge in [-0.3, -0.25) is 9.36 Å². The Bertz CT molecular complexity index is 710. The number of aromatic nitrogens is 3. The molecule has 0 fully saturated rings. The Hall–Kier alpha value is -3.03. The fourth-order valence-electron chi connectivity index (χ4n) is 1.51. The zero-order valence-electron chi connectivity index (χ0n) is 10.2. The van der Waals surface area contributed by atoms with Gasteiger partial charge in [-0.15, -0.1) is 0 Å². The van der Waals surface area contributed by atoms with Crippen LogP contribution < -0.4 is 11.0 Å². The molecule has 0 saturated heterocycles. The molecule has 8 heteroatoms. The van der Waals surface area contributed by atoms with Gasteiger partial charge in [0.2, 0.25) is 5.91 Å². The monoisotopic (exact) mass is 274 g/mol. The average Bonchev–Trinajstić information content (AvgIpc) is 2.41. The van der Waals surface area contributed by atoms with E-state index in [4.69, 9.17) is 5.11 Å². The Kier molecular flexibility index (Phi) is 3.85. The van der Waals surface area contributed by atoms with E-state index in [2.05, 4.69) is 15.3 Å². The van der Waals surface area contributed by atoms with Crippen molar-refractivity contribution < 1.29 is 14.7 Å². The van der Waals surface area contributed by atoms with Gasteiger partial charge >= 0.3 is 11.7 Å². The molecule has 0 aromatic carbocycles. The highest BCUT2D eigenvalue weighted by molar-refractivity contribution is 5.99. The molecule has 2 heterocycles. The molecule has 0 spiro atoms. The van der Waals surface area contributed by atoms with E-state index >= 15 is 0 Å². The van der Waals surface area contributed by atoms with Crippen LogP contribution in [0.3, 0.4) is 0 Å². The van der Waals surface area contributed by atoms with Crippen LogP contribution in [0.4, 0.5) is 5.82 Å². The number of anilines is 1. The average molecular weight is 274 g/mol. The maximum absolute atomic E-state index is 11.8. The lowest BCUT2D eigenvalue weighted by molar-refractivity contribution is -0.116. The van der Waals surface area contributed by atoms with Crippen molar-refractivity contribution in [3.63, 3.8) is 0 Å². The molecule has 8 nitrogen and oxygen atoms in total. The lowest BCUT2D eigenvalue weighted by atomic mass is 10.2. The summed E-state index contributed by atoms with van der Waals surface area (Å²) in [6.07, 6.45) is 4.09. The second-order valence-electron chi connectivity index (χ2n) is 3.78. The Balaban J connectivity index is 2.15. The summed E-state index contributed by atoms with van der Waals surface area (Å²) >= 11 is 0. The molecule has 0 aliphatic rings. The maximum Gasteiger partial charge on any atom is 0.347 e. The highest BCUT2D eigenvalue weighted by Gasteiger charge is 2.13. The number of rotatable bonds is 4. The molecule has 0 unspecified atom stereocenters. The van der Waals surface area contributed by atoms with E-state index in [9.17, 15) is 14.4 Å². The van der Waals surface area contributed by atoms with Crippen molar-refractivity contribution in [2.24, 2.45) is 0 Å². The summed E-state index contributed by atoms with van der Waals surface area (Å²) in [5.41, 5.74) is -0.693. The van der Waals surface area contributed by atoms with Gasteiger partial charge in [-0.1, -0.05) is 0 Å². The molecule has 102 valence electrons. The summed E-state index contributed by atoms with van der Waals surface area (Å²) in [5, 5.41) is 11.3. The van der Waals surface area contributed by atoms with Crippen LogP contribution in [0.1, 0.15) is 10.4 Å². The summed E-state index contributed by atoms with van der Waals surface area (Å²) in [5.74, 6) is -1.84. The number of carboxylic acid groups (broad SMARTS) is 1. The van der Waals surface area contributed by atoms with Crippen molar-refractivity contribution in [2.45, 2.75) is 6.54 Å². The molecular formula is C12H10N4O4. The molecule has 20 heavy (non-hydrogen) atoms. The molecule has 0 aliphatic carbocycles. The molecular weight excluding hydrogens is 264 g/mol. The summed E-state index contributed by atoms with van der Waals surface area (Å²) in [7, 11) is 0.